The molecule has 1 atom stereocenters. The van der Waals surface area contributed by atoms with Crippen LogP contribution in [-0.4, -0.2) is 10.1 Å². The van der Waals surface area contributed by atoms with Gasteiger partial charge < -0.3 is 10.4 Å². The molecule has 106 valence electrons. The lowest BCUT2D eigenvalue weighted by molar-refractivity contribution is 0.440. The Hall–Kier alpha value is -1.39. The van der Waals surface area contributed by atoms with E-state index in [4.69, 9.17) is 0 Å². The number of aromatic nitrogens is 1. The Balaban J connectivity index is 2.13. The van der Waals surface area contributed by atoms with Crippen LogP contribution < -0.4 is 5.32 Å². The van der Waals surface area contributed by atoms with Gasteiger partial charge in [0.2, 0.25) is 0 Å². The number of halogens is 1. The summed E-state index contributed by atoms with van der Waals surface area (Å²) < 4.78 is 0.975. The Bertz CT molecular complexity index is 586. The van der Waals surface area contributed by atoms with Gasteiger partial charge >= 0.3 is 0 Å². The number of aryl methyl sites for hydroxylation is 1. The fourth-order valence-electron chi connectivity index (χ4n) is 2.19. The van der Waals surface area contributed by atoms with Gasteiger partial charge in [0.25, 0.3) is 0 Å². The van der Waals surface area contributed by atoms with Crippen molar-refractivity contribution in [1.29, 1.82) is 0 Å². The average molecular weight is 335 g/mol. The maximum atomic E-state index is 10.0. The van der Waals surface area contributed by atoms with Gasteiger partial charge in [0.05, 0.1) is 0 Å². The summed E-state index contributed by atoms with van der Waals surface area (Å²) in [4.78, 5) is 4.16. The molecule has 0 spiro atoms. The Labute approximate surface area is 128 Å². The lowest BCUT2D eigenvalue weighted by atomic mass is 10.0. The summed E-state index contributed by atoms with van der Waals surface area (Å²) in [6, 6.07) is 7.66. The second-order valence-electron chi connectivity index (χ2n) is 4.85. The van der Waals surface area contributed by atoms with Gasteiger partial charge in [-0.15, -0.1) is 0 Å². The van der Waals surface area contributed by atoms with Crippen molar-refractivity contribution in [2.24, 2.45) is 0 Å². The third-order valence-electron chi connectivity index (χ3n) is 3.46. The Morgan fingerprint density at radius 2 is 2.15 bits per heavy atom. The summed E-state index contributed by atoms with van der Waals surface area (Å²) in [7, 11) is 0. The molecule has 0 amide bonds. The van der Waals surface area contributed by atoms with Crippen molar-refractivity contribution < 1.29 is 5.11 Å². The van der Waals surface area contributed by atoms with Gasteiger partial charge in [0.15, 0.2) is 0 Å². The molecule has 0 radical (unpaired) electrons. The van der Waals surface area contributed by atoms with Crippen LogP contribution in [0.3, 0.4) is 0 Å². The molecule has 1 aromatic carbocycles. The van der Waals surface area contributed by atoms with Crippen LogP contribution in [0.2, 0.25) is 0 Å². The predicted octanol–water partition coefficient (Wildman–Crippen LogP) is 4.10. The largest absolute Gasteiger partial charge is 0.508 e. The van der Waals surface area contributed by atoms with E-state index in [9.17, 15) is 5.11 Å². The highest BCUT2D eigenvalue weighted by molar-refractivity contribution is 9.10. The van der Waals surface area contributed by atoms with E-state index in [1.807, 2.05) is 24.4 Å². The van der Waals surface area contributed by atoms with Gasteiger partial charge in [0.1, 0.15) is 5.75 Å². The Kier molecular flexibility index (Phi) is 5.15. The first kappa shape index (κ1) is 15.0. The molecule has 2 rings (SSSR count). The van der Waals surface area contributed by atoms with Crippen LogP contribution in [0.4, 0.5) is 0 Å². The molecule has 0 bridgehead atoms. The summed E-state index contributed by atoms with van der Waals surface area (Å²) in [6.07, 6.45) is 4.59. The summed E-state index contributed by atoms with van der Waals surface area (Å²) in [6.45, 7) is 4.93. The summed E-state index contributed by atoms with van der Waals surface area (Å²) in [5.74, 6) is 0.329. The molecular weight excluding hydrogens is 316 g/mol. The highest BCUT2D eigenvalue weighted by Gasteiger charge is 2.14. The molecule has 0 saturated carbocycles. The molecule has 1 unspecified atom stereocenters. The van der Waals surface area contributed by atoms with E-state index in [1.54, 1.807) is 12.3 Å². The molecule has 2 aromatic rings. The molecule has 1 aromatic heterocycles. The topological polar surface area (TPSA) is 45.2 Å². The smallest absolute Gasteiger partial charge is 0.120 e. The first-order valence-electron chi connectivity index (χ1n) is 6.73. The van der Waals surface area contributed by atoms with E-state index in [-0.39, 0.29) is 6.04 Å². The van der Waals surface area contributed by atoms with Crippen LogP contribution in [0, 0.1) is 6.92 Å². The highest BCUT2D eigenvalue weighted by atomic mass is 79.9. The third kappa shape index (κ3) is 3.58. The van der Waals surface area contributed by atoms with Gasteiger partial charge in [-0.05, 0) is 48.7 Å². The van der Waals surface area contributed by atoms with Gasteiger partial charge in [-0.3, -0.25) is 4.98 Å². The average Bonchev–Trinajstić information content (AvgIpc) is 2.45. The third-order valence-corrected chi connectivity index (χ3v) is 3.95. The lowest BCUT2D eigenvalue weighted by Gasteiger charge is -2.19. The number of hydrogen-bond acceptors (Lipinski definition) is 3. The van der Waals surface area contributed by atoms with E-state index in [0.29, 0.717) is 5.75 Å². The van der Waals surface area contributed by atoms with Crippen LogP contribution in [0.5, 0.6) is 5.75 Å². The zero-order valence-electron chi connectivity index (χ0n) is 11.7. The fourth-order valence-corrected chi connectivity index (χ4v) is 2.57. The molecule has 0 aliphatic carbocycles. The first-order valence-corrected chi connectivity index (χ1v) is 7.52. The van der Waals surface area contributed by atoms with Crippen molar-refractivity contribution in [2.45, 2.75) is 32.9 Å². The van der Waals surface area contributed by atoms with Crippen molar-refractivity contribution in [3.8, 4) is 5.75 Å². The van der Waals surface area contributed by atoms with Gasteiger partial charge in [-0.2, -0.15) is 0 Å². The van der Waals surface area contributed by atoms with Crippen LogP contribution in [-0.2, 0) is 6.54 Å². The standard InChI is InChI=1S/C16H19BrN2O/c1-3-15(14-8-13(17)4-5-16(14)20)19-10-12-9-18-7-6-11(12)2/h4-9,15,19-20H,3,10H2,1-2H3. The monoisotopic (exact) mass is 334 g/mol. The summed E-state index contributed by atoms with van der Waals surface area (Å²) >= 11 is 3.45. The molecule has 2 N–H and O–H groups in total. The van der Waals surface area contributed by atoms with Crippen molar-refractivity contribution in [1.82, 2.24) is 10.3 Å². The molecule has 4 heteroatoms. The molecule has 3 nitrogen and oxygen atoms in total. The van der Waals surface area contributed by atoms with E-state index < -0.39 is 0 Å². The second kappa shape index (κ2) is 6.86. The minimum atomic E-state index is 0.118. The maximum absolute atomic E-state index is 10.0. The Morgan fingerprint density at radius 3 is 2.85 bits per heavy atom. The lowest BCUT2D eigenvalue weighted by Crippen LogP contribution is -2.21. The molecule has 20 heavy (non-hydrogen) atoms. The zero-order chi connectivity index (χ0) is 14.5. The van der Waals surface area contributed by atoms with Crippen LogP contribution >= 0.6 is 15.9 Å². The second-order valence-corrected chi connectivity index (χ2v) is 5.76. The quantitative estimate of drug-likeness (QED) is 0.865. The number of aromatic hydroxyl groups is 1. The van der Waals surface area contributed by atoms with Crippen molar-refractivity contribution in [2.75, 3.05) is 0 Å². The van der Waals surface area contributed by atoms with E-state index in [0.717, 1.165) is 23.0 Å². The van der Waals surface area contributed by atoms with Crippen molar-refractivity contribution >= 4 is 15.9 Å². The predicted molar refractivity (Wildman–Crippen MR) is 84.7 cm³/mol. The van der Waals surface area contributed by atoms with Crippen molar-refractivity contribution in [3.63, 3.8) is 0 Å². The van der Waals surface area contributed by atoms with E-state index in [2.05, 4.69) is 40.1 Å². The normalized spacial score (nSPS) is 12.3. The SMILES string of the molecule is CCC(NCc1cnccc1C)c1cc(Br)ccc1O. The first-order chi connectivity index (χ1) is 9.61. The number of phenolic OH excluding ortho intramolecular Hbond substituents is 1. The van der Waals surface area contributed by atoms with Gasteiger partial charge in [0, 0.05) is 35.0 Å². The number of phenols is 1. The molecule has 0 fully saturated rings. The highest BCUT2D eigenvalue weighted by Crippen LogP contribution is 2.29. The number of nitrogens with zero attached hydrogens (tertiary/aromatic N) is 1. The fraction of sp³-hybridized carbons (Fsp3) is 0.312. The molecular formula is C16H19BrN2O. The minimum Gasteiger partial charge on any atom is -0.508 e. The molecule has 1 heterocycles. The number of pyridine rings is 1. The number of benzene rings is 1. The van der Waals surface area contributed by atoms with Gasteiger partial charge in [-0.25, -0.2) is 0 Å². The van der Waals surface area contributed by atoms with Crippen LogP contribution in [0.25, 0.3) is 0 Å². The zero-order valence-corrected chi connectivity index (χ0v) is 13.3. The van der Waals surface area contributed by atoms with Crippen LogP contribution in [0.1, 0.15) is 36.1 Å². The summed E-state index contributed by atoms with van der Waals surface area (Å²) in [5, 5.41) is 13.5. The number of nitrogens with one attached hydrogen (secondary N) is 1. The van der Waals surface area contributed by atoms with Crippen molar-refractivity contribution in [3.05, 3.63) is 57.8 Å². The number of rotatable bonds is 5. The van der Waals surface area contributed by atoms with Gasteiger partial charge in [-0.1, -0.05) is 22.9 Å². The minimum absolute atomic E-state index is 0.118. The molecule has 0 saturated heterocycles. The van der Waals surface area contributed by atoms with E-state index in [1.165, 1.54) is 11.1 Å². The molecule has 0 aliphatic rings. The Morgan fingerprint density at radius 1 is 1.35 bits per heavy atom. The number of hydrogen-bond donors (Lipinski definition) is 2. The van der Waals surface area contributed by atoms with E-state index >= 15 is 0 Å². The maximum Gasteiger partial charge on any atom is 0.120 e. The summed E-state index contributed by atoms with van der Waals surface area (Å²) in [5.41, 5.74) is 3.32. The molecule has 0 aliphatic heterocycles. The van der Waals surface area contributed by atoms with Crippen LogP contribution in [0.15, 0.2) is 41.1 Å².